The van der Waals surface area contributed by atoms with Crippen molar-refractivity contribution in [1.29, 1.82) is 0 Å². The Bertz CT molecular complexity index is 309. The predicted octanol–water partition coefficient (Wildman–Crippen LogP) is 1.62. The van der Waals surface area contributed by atoms with E-state index >= 15 is 0 Å². The highest BCUT2D eigenvalue weighted by molar-refractivity contribution is 5.23. The molecule has 1 aromatic carbocycles. The first-order chi connectivity index (χ1) is 8.13. The van der Waals surface area contributed by atoms with Crippen molar-refractivity contribution in [3.63, 3.8) is 0 Å². The van der Waals surface area contributed by atoms with Crippen molar-refractivity contribution in [3.05, 3.63) is 35.4 Å². The second-order valence-corrected chi connectivity index (χ2v) is 4.59. The summed E-state index contributed by atoms with van der Waals surface area (Å²) in [4.78, 5) is 0. The molecule has 1 atom stereocenters. The highest BCUT2D eigenvalue weighted by Crippen LogP contribution is 2.14. The van der Waals surface area contributed by atoms with Crippen LogP contribution in [0.15, 0.2) is 24.3 Å². The summed E-state index contributed by atoms with van der Waals surface area (Å²) in [5.74, 6) is 0.555. The highest BCUT2D eigenvalue weighted by atomic mass is 16.5. The summed E-state index contributed by atoms with van der Waals surface area (Å²) in [5.41, 5.74) is 2.49. The zero-order valence-corrected chi connectivity index (χ0v) is 11.1. The largest absolute Gasteiger partial charge is 0.376 e. The molecule has 0 amide bonds. The maximum Gasteiger partial charge on any atom is 0.132 e. The predicted molar refractivity (Wildman–Crippen MR) is 68.3 cm³/mol. The Hall–Kier alpha value is -0.900. The molecular formula is C14H24NO2+. The van der Waals surface area contributed by atoms with Crippen molar-refractivity contribution in [2.45, 2.75) is 33.2 Å². The van der Waals surface area contributed by atoms with E-state index in [1.807, 2.05) is 6.92 Å². The highest BCUT2D eigenvalue weighted by Gasteiger charge is 2.06. The van der Waals surface area contributed by atoms with Crippen molar-refractivity contribution in [2.75, 3.05) is 19.8 Å². The van der Waals surface area contributed by atoms with Gasteiger partial charge in [0.25, 0.3) is 0 Å². The van der Waals surface area contributed by atoms with E-state index < -0.39 is 0 Å². The molecular weight excluding hydrogens is 214 g/mol. The Kier molecular flexibility index (Phi) is 6.19. The summed E-state index contributed by atoms with van der Waals surface area (Å²) in [6.07, 6.45) is 0. The second-order valence-electron chi connectivity index (χ2n) is 4.59. The molecule has 96 valence electrons. The lowest BCUT2D eigenvalue weighted by molar-refractivity contribution is -1.10. The maximum atomic E-state index is 9.74. The minimum atomic E-state index is 0.496. The Morgan fingerprint density at radius 3 is 2.41 bits per heavy atom. The molecule has 0 bridgehead atoms. The fourth-order valence-corrected chi connectivity index (χ4v) is 1.68. The van der Waals surface area contributed by atoms with Crippen molar-refractivity contribution in [1.82, 2.24) is 0 Å². The molecule has 3 nitrogen and oxygen atoms in total. The number of quaternary nitrogens is 1. The Labute approximate surface area is 104 Å². The SMILES string of the molecule is CCOCC[NH+](O)Cc1ccc(C(C)C)cc1. The average Bonchev–Trinajstić information content (AvgIpc) is 2.30. The second kappa shape index (κ2) is 7.43. The minimum absolute atomic E-state index is 0.496. The van der Waals surface area contributed by atoms with Gasteiger partial charge in [-0.25, -0.2) is 5.21 Å². The standard InChI is InChI=1S/C14H23NO2/c1-4-17-10-9-15(16)11-13-5-7-14(8-6-13)12(2)3/h5-8,12,16H,4,9-11H2,1-3H3/p+1. The lowest BCUT2D eigenvalue weighted by Crippen LogP contribution is -3.08. The molecule has 0 aliphatic heterocycles. The van der Waals surface area contributed by atoms with E-state index in [-0.39, 0.29) is 0 Å². The van der Waals surface area contributed by atoms with Crippen LogP contribution >= 0.6 is 0 Å². The van der Waals surface area contributed by atoms with Crippen LogP contribution in [0, 0.1) is 0 Å². The zero-order chi connectivity index (χ0) is 12.7. The van der Waals surface area contributed by atoms with Gasteiger partial charge in [-0.2, -0.15) is 5.06 Å². The smallest absolute Gasteiger partial charge is 0.132 e. The molecule has 3 heteroatoms. The first-order valence-electron chi connectivity index (χ1n) is 6.33. The van der Waals surface area contributed by atoms with E-state index in [1.165, 1.54) is 5.56 Å². The third-order valence-corrected chi connectivity index (χ3v) is 2.79. The number of nitrogens with one attached hydrogen (secondary N) is 1. The lowest BCUT2D eigenvalue weighted by atomic mass is 10.0. The van der Waals surface area contributed by atoms with Crippen LogP contribution in [0.1, 0.15) is 37.8 Å². The molecule has 1 unspecified atom stereocenters. The quantitative estimate of drug-likeness (QED) is 0.559. The van der Waals surface area contributed by atoms with Crippen molar-refractivity contribution in [3.8, 4) is 0 Å². The van der Waals surface area contributed by atoms with E-state index in [0.29, 0.717) is 37.3 Å². The molecule has 0 saturated heterocycles. The van der Waals surface area contributed by atoms with E-state index in [2.05, 4.69) is 38.1 Å². The third kappa shape index (κ3) is 5.31. The first kappa shape index (κ1) is 14.2. The molecule has 0 spiro atoms. The summed E-state index contributed by atoms with van der Waals surface area (Å²) < 4.78 is 5.21. The fourth-order valence-electron chi connectivity index (χ4n) is 1.68. The number of hydrogen-bond acceptors (Lipinski definition) is 2. The van der Waals surface area contributed by atoms with E-state index in [9.17, 15) is 5.21 Å². The van der Waals surface area contributed by atoms with Gasteiger partial charge in [0.05, 0.1) is 6.61 Å². The van der Waals surface area contributed by atoms with Gasteiger partial charge in [0.2, 0.25) is 0 Å². The number of hydroxylamine groups is 2. The van der Waals surface area contributed by atoms with Crippen molar-refractivity contribution >= 4 is 0 Å². The van der Waals surface area contributed by atoms with E-state index in [4.69, 9.17) is 4.74 Å². The molecule has 17 heavy (non-hydrogen) atoms. The van der Waals surface area contributed by atoms with Gasteiger partial charge in [0, 0.05) is 12.2 Å². The minimum Gasteiger partial charge on any atom is -0.376 e. The van der Waals surface area contributed by atoms with Crippen molar-refractivity contribution in [2.24, 2.45) is 0 Å². The van der Waals surface area contributed by atoms with Crippen LogP contribution in [0.5, 0.6) is 0 Å². The van der Waals surface area contributed by atoms with E-state index in [0.717, 1.165) is 5.56 Å². The Morgan fingerprint density at radius 1 is 1.24 bits per heavy atom. The zero-order valence-electron chi connectivity index (χ0n) is 11.1. The molecule has 0 saturated carbocycles. The van der Waals surface area contributed by atoms with Crippen molar-refractivity contribution < 1.29 is 15.0 Å². The average molecular weight is 238 g/mol. The molecule has 2 N–H and O–H groups in total. The van der Waals surface area contributed by atoms with Gasteiger partial charge >= 0.3 is 0 Å². The maximum absolute atomic E-state index is 9.74. The molecule has 0 aliphatic carbocycles. The van der Waals surface area contributed by atoms with Gasteiger partial charge < -0.3 is 4.74 Å². The van der Waals surface area contributed by atoms with Gasteiger partial charge in [-0.3, -0.25) is 0 Å². The molecule has 0 radical (unpaired) electrons. The summed E-state index contributed by atoms with van der Waals surface area (Å²) in [7, 11) is 0. The summed E-state index contributed by atoms with van der Waals surface area (Å²) in [5, 5.41) is 10.2. The molecule has 0 aromatic heterocycles. The van der Waals surface area contributed by atoms with Crippen LogP contribution in [0.4, 0.5) is 0 Å². The van der Waals surface area contributed by atoms with Crippen LogP contribution in [-0.4, -0.2) is 25.0 Å². The monoisotopic (exact) mass is 238 g/mol. The Morgan fingerprint density at radius 2 is 1.88 bits per heavy atom. The molecule has 1 aromatic rings. The van der Waals surface area contributed by atoms with Gasteiger partial charge in [-0.15, -0.1) is 0 Å². The number of ether oxygens (including phenoxy) is 1. The van der Waals surface area contributed by atoms with Gasteiger partial charge in [-0.05, 0) is 18.4 Å². The number of rotatable bonds is 7. The molecule has 0 fully saturated rings. The fraction of sp³-hybridized carbons (Fsp3) is 0.571. The van der Waals surface area contributed by atoms with E-state index in [1.54, 1.807) is 0 Å². The van der Waals surface area contributed by atoms with Crippen LogP contribution in [0.3, 0.4) is 0 Å². The normalized spacial score (nSPS) is 13.0. The topological polar surface area (TPSA) is 33.9 Å². The number of benzene rings is 1. The van der Waals surface area contributed by atoms with Crippen LogP contribution in [0.25, 0.3) is 0 Å². The summed E-state index contributed by atoms with van der Waals surface area (Å²) in [6, 6.07) is 8.45. The van der Waals surface area contributed by atoms with Crippen LogP contribution < -0.4 is 5.06 Å². The van der Waals surface area contributed by atoms with Crippen LogP contribution in [0.2, 0.25) is 0 Å². The Balaban J connectivity index is 2.40. The molecule has 1 rings (SSSR count). The number of hydrogen-bond donors (Lipinski definition) is 2. The van der Waals surface area contributed by atoms with Gasteiger partial charge in [0.1, 0.15) is 13.1 Å². The molecule has 0 heterocycles. The summed E-state index contributed by atoms with van der Waals surface area (Å²) >= 11 is 0. The first-order valence-corrected chi connectivity index (χ1v) is 6.33. The summed E-state index contributed by atoms with van der Waals surface area (Å²) in [6.45, 7) is 8.89. The van der Waals surface area contributed by atoms with Crippen LogP contribution in [-0.2, 0) is 11.3 Å². The van der Waals surface area contributed by atoms with Gasteiger partial charge in [-0.1, -0.05) is 38.1 Å². The lowest BCUT2D eigenvalue weighted by Gasteiger charge is -2.11. The van der Waals surface area contributed by atoms with Gasteiger partial charge in [0.15, 0.2) is 0 Å². The third-order valence-electron chi connectivity index (χ3n) is 2.79. The molecule has 0 aliphatic rings.